The first-order valence-corrected chi connectivity index (χ1v) is 10.5. The molecule has 32 heavy (non-hydrogen) atoms. The third-order valence-corrected chi connectivity index (χ3v) is 4.86. The van der Waals surface area contributed by atoms with Crippen molar-refractivity contribution in [2.45, 2.75) is 20.5 Å². The Kier molecular flexibility index (Phi) is 7.91. The van der Waals surface area contributed by atoms with Gasteiger partial charge in [-0.15, -0.1) is 0 Å². The second kappa shape index (κ2) is 11.0. The summed E-state index contributed by atoms with van der Waals surface area (Å²) in [6.07, 6.45) is 1.51. The molecular weight excluding hydrogens is 424 g/mol. The first-order valence-electron chi connectivity index (χ1n) is 10.1. The van der Waals surface area contributed by atoms with E-state index >= 15 is 0 Å². The molecule has 0 atom stereocenters. The molecule has 0 unspecified atom stereocenters. The molecular formula is C26H23ClN2O3. The molecule has 0 heterocycles. The maximum atomic E-state index is 12.6. The fourth-order valence-electron chi connectivity index (χ4n) is 2.97. The Morgan fingerprint density at radius 2 is 1.84 bits per heavy atom. The van der Waals surface area contributed by atoms with Gasteiger partial charge in [-0.1, -0.05) is 54.1 Å². The lowest BCUT2D eigenvalue weighted by atomic mass is 10.1. The monoisotopic (exact) mass is 446 g/mol. The molecule has 0 spiro atoms. The highest BCUT2D eigenvalue weighted by Crippen LogP contribution is 2.30. The van der Waals surface area contributed by atoms with Crippen molar-refractivity contribution in [3.63, 3.8) is 0 Å². The number of anilines is 1. The summed E-state index contributed by atoms with van der Waals surface area (Å²) in [5, 5.41) is 12.8. The number of rotatable bonds is 8. The Morgan fingerprint density at radius 3 is 2.56 bits per heavy atom. The summed E-state index contributed by atoms with van der Waals surface area (Å²) in [6, 6.07) is 22.3. The van der Waals surface area contributed by atoms with Crippen molar-refractivity contribution in [3.05, 3.63) is 94.0 Å². The summed E-state index contributed by atoms with van der Waals surface area (Å²) in [6.45, 7) is 4.59. The second-order valence-electron chi connectivity index (χ2n) is 7.00. The van der Waals surface area contributed by atoms with Crippen molar-refractivity contribution in [2.75, 3.05) is 11.9 Å². The normalized spacial score (nSPS) is 10.9. The molecule has 0 aromatic heterocycles. The van der Waals surface area contributed by atoms with E-state index < -0.39 is 5.91 Å². The lowest BCUT2D eigenvalue weighted by Gasteiger charge is -2.13. The average Bonchev–Trinajstić information content (AvgIpc) is 2.80. The van der Waals surface area contributed by atoms with Crippen molar-refractivity contribution in [1.82, 2.24) is 0 Å². The third kappa shape index (κ3) is 6.13. The zero-order valence-electron chi connectivity index (χ0n) is 17.9. The molecule has 0 aliphatic rings. The highest BCUT2D eigenvalue weighted by molar-refractivity contribution is 6.31. The second-order valence-corrected chi connectivity index (χ2v) is 7.43. The Morgan fingerprint density at radius 1 is 1.06 bits per heavy atom. The van der Waals surface area contributed by atoms with Gasteiger partial charge < -0.3 is 14.8 Å². The molecule has 162 valence electrons. The third-order valence-electron chi connectivity index (χ3n) is 4.63. The van der Waals surface area contributed by atoms with Crippen LogP contribution in [0.4, 0.5) is 5.69 Å². The minimum absolute atomic E-state index is 0.0372. The molecule has 6 heteroatoms. The maximum absolute atomic E-state index is 12.6. The molecule has 3 aromatic carbocycles. The van der Waals surface area contributed by atoms with Crippen LogP contribution in [0.2, 0.25) is 5.02 Å². The molecule has 3 rings (SSSR count). The topological polar surface area (TPSA) is 71.3 Å². The van der Waals surface area contributed by atoms with Crippen LogP contribution in [0, 0.1) is 18.3 Å². The van der Waals surface area contributed by atoms with Crippen LogP contribution >= 0.6 is 11.6 Å². The molecule has 5 nitrogen and oxygen atoms in total. The van der Waals surface area contributed by atoms with Gasteiger partial charge in [0.25, 0.3) is 5.91 Å². The van der Waals surface area contributed by atoms with Crippen molar-refractivity contribution >= 4 is 29.3 Å². The van der Waals surface area contributed by atoms with Crippen LogP contribution in [-0.2, 0) is 11.4 Å². The van der Waals surface area contributed by atoms with E-state index in [0.29, 0.717) is 41.0 Å². The Labute approximate surface area is 192 Å². The number of benzene rings is 3. The maximum Gasteiger partial charge on any atom is 0.266 e. The highest BCUT2D eigenvalue weighted by Gasteiger charge is 2.13. The molecule has 0 saturated heterocycles. The van der Waals surface area contributed by atoms with Crippen molar-refractivity contribution < 1.29 is 14.3 Å². The van der Waals surface area contributed by atoms with Crippen LogP contribution in [0.5, 0.6) is 11.5 Å². The van der Waals surface area contributed by atoms with Crippen molar-refractivity contribution in [2.24, 2.45) is 0 Å². The lowest BCUT2D eigenvalue weighted by molar-refractivity contribution is -0.112. The van der Waals surface area contributed by atoms with Crippen LogP contribution in [0.3, 0.4) is 0 Å². The summed E-state index contributed by atoms with van der Waals surface area (Å²) in [5.74, 6) is 0.617. The zero-order valence-corrected chi connectivity index (χ0v) is 18.6. The SMILES string of the molecule is CCOc1cc(/C=C(\C#N)C(=O)Nc2cc(Cl)ccc2C)ccc1OCc1ccccc1. The smallest absolute Gasteiger partial charge is 0.266 e. The number of hydrogen-bond donors (Lipinski definition) is 1. The van der Waals surface area contributed by atoms with Crippen molar-refractivity contribution in [3.8, 4) is 17.6 Å². The van der Waals surface area contributed by atoms with Gasteiger partial charge in [-0.3, -0.25) is 4.79 Å². The Hall–Kier alpha value is -3.75. The first kappa shape index (κ1) is 22.9. The predicted molar refractivity (Wildman–Crippen MR) is 127 cm³/mol. The van der Waals surface area contributed by atoms with Gasteiger partial charge in [0.1, 0.15) is 18.2 Å². The van der Waals surface area contributed by atoms with E-state index in [1.54, 1.807) is 36.4 Å². The van der Waals surface area contributed by atoms with Gasteiger partial charge in [-0.25, -0.2) is 0 Å². The number of nitrogens with zero attached hydrogens (tertiary/aromatic N) is 1. The summed E-state index contributed by atoms with van der Waals surface area (Å²) >= 11 is 6.01. The summed E-state index contributed by atoms with van der Waals surface area (Å²) in [4.78, 5) is 12.6. The minimum Gasteiger partial charge on any atom is -0.490 e. The molecule has 0 aliphatic carbocycles. The summed E-state index contributed by atoms with van der Waals surface area (Å²) in [5.41, 5.74) is 3.06. The molecule has 3 aromatic rings. The highest BCUT2D eigenvalue weighted by atomic mass is 35.5. The number of hydrogen-bond acceptors (Lipinski definition) is 4. The lowest BCUT2D eigenvalue weighted by Crippen LogP contribution is -2.14. The van der Waals surface area contributed by atoms with Crippen LogP contribution in [0.15, 0.2) is 72.3 Å². The molecule has 0 radical (unpaired) electrons. The number of nitriles is 1. The van der Waals surface area contributed by atoms with Gasteiger partial charge in [0, 0.05) is 10.7 Å². The van der Waals surface area contributed by atoms with Gasteiger partial charge >= 0.3 is 0 Å². The number of nitrogens with one attached hydrogen (secondary N) is 1. The van der Waals surface area contributed by atoms with E-state index in [9.17, 15) is 10.1 Å². The van der Waals surface area contributed by atoms with E-state index in [0.717, 1.165) is 11.1 Å². The van der Waals surface area contributed by atoms with Crippen LogP contribution in [0.1, 0.15) is 23.6 Å². The predicted octanol–water partition coefficient (Wildman–Crippen LogP) is 6.17. The fraction of sp³-hybridized carbons (Fsp3) is 0.154. The minimum atomic E-state index is -0.514. The van der Waals surface area contributed by atoms with Gasteiger partial charge in [0.2, 0.25) is 0 Å². The van der Waals surface area contributed by atoms with Crippen molar-refractivity contribution in [1.29, 1.82) is 5.26 Å². The number of carbonyl (C=O) groups excluding carboxylic acids is 1. The molecule has 1 amide bonds. The van der Waals surface area contributed by atoms with Crippen LogP contribution in [0.25, 0.3) is 6.08 Å². The van der Waals surface area contributed by atoms with E-state index in [4.69, 9.17) is 21.1 Å². The molecule has 0 fully saturated rings. The number of halogens is 1. The Bertz CT molecular complexity index is 1170. The fourth-order valence-corrected chi connectivity index (χ4v) is 3.14. The van der Waals surface area contributed by atoms with E-state index in [-0.39, 0.29) is 5.57 Å². The summed E-state index contributed by atoms with van der Waals surface area (Å²) in [7, 11) is 0. The molecule has 0 saturated carbocycles. The Balaban J connectivity index is 1.80. The average molecular weight is 447 g/mol. The number of ether oxygens (including phenoxy) is 2. The van der Waals surface area contributed by atoms with Crippen LogP contribution in [-0.4, -0.2) is 12.5 Å². The first-order chi connectivity index (χ1) is 15.5. The van der Waals surface area contributed by atoms with E-state index in [2.05, 4.69) is 5.32 Å². The molecule has 0 aliphatic heterocycles. The number of amides is 1. The quantitative estimate of drug-likeness (QED) is 0.331. The standard InChI is InChI=1S/C26H23ClN2O3/c1-3-31-25-14-20(10-12-24(25)32-17-19-7-5-4-6-8-19)13-21(16-28)26(30)29-23-15-22(27)11-9-18(23)2/h4-15H,3,17H2,1-2H3,(H,29,30)/b21-13+. The van der Waals surface area contributed by atoms with Gasteiger partial charge in [-0.2, -0.15) is 5.26 Å². The van der Waals surface area contributed by atoms with E-state index in [1.807, 2.05) is 50.2 Å². The number of aryl methyl sites for hydroxylation is 1. The van der Waals surface area contributed by atoms with Crippen LogP contribution < -0.4 is 14.8 Å². The largest absolute Gasteiger partial charge is 0.490 e. The molecule has 1 N–H and O–H groups in total. The van der Waals surface area contributed by atoms with Gasteiger partial charge in [0.05, 0.1) is 6.61 Å². The zero-order chi connectivity index (χ0) is 22.9. The number of carbonyl (C=O) groups is 1. The van der Waals surface area contributed by atoms with Gasteiger partial charge in [0.15, 0.2) is 11.5 Å². The van der Waals surface area contributed by atoms with E-state index in [1.165, 1.54) is 6.08 Å². The molecule has 0 bridgehead atoms. The summed E-state index contributed by atoms with van der Waals surface area (Å²) < 4.78 is 11.6. The van der Waals surface area contributed by atoms with Gasteiger partial charge in [-0.05, 0) is 60.9 Å².